The summed E-state index contributed by atoms with van der Waals surface area (Å²) in [4.78, 5) is 0. The van der Waals surface area contributed by atoms with Crippen molar-refractivity contribution in [3.8, 4) is 22.3 Å². The summed E-state index contributed by atoms with van der Waals surface area (Å²) >= 11 is 0. The highest BCUT2D eigenvalue weighted by Gasteiger charge is 2.37. The van der Waals surface area contributed by atoms with Crippen LogP contribution in [0.3, 0.4) is 0 Å². The minimum atomic E-state index is -1.05. The van der Waals surface area contributed by atoms with Crippen LogP contribution in [0.15, 0.2) is 133 Å². The molecule has 278 valence electrons. The summed E-state index contributed by atoms with van der Waals surface area (Å²) in [6.45, 7) is 14.8. The van der Waals surface area contributed by atoms with E-state index in [4.69, 9.17) is 9.31 Å². The summed E-state index contributed by atoms with van der Waals surface area (Å²) in [5.74, 6) is 0. The Labute approximate surface area is 331 Å². The van der Waals surface area contributed by atoms with E-state index < -0.39 is 22.4 Å². The zero-order chi connectivity index (χ0) is 39.6. The van der Waals surface area contributed by atoms with Gasteiger partial charge in [-0.2, -0.15) is 0 Å². The third kappa shape index (κ3) is 6.39. The Morgan fingerprint density at radius 3 is 0.821 bits per heavy atom. The molecule has 0 amide bonds. The van der Waals surface area contributed by atoms with Gasteiger partial charge >= 0.3 is 15.0 Å². The molecule has 0 fully saturated rings. The second kappa shape index (κ2) is 13.9. The van der Waals surface area contributed by atoms with Crippen molar-refractivity contribution in [2.24, 2.45) is 0 Å². The van der Waals surface area contributed by atoms with E-state index in [2.05, 4.69) is 133 Å². The van der Waals surface area contributed by atoms with Crippen molar-refractivity contribution in [3.63, 3.8) is 0 Å². The van der Waals surface area contributed by atoms with Gasteiger partial charge in [0.1, 0.15) is 0 Å². The quantitative estimate of drug-likeness (QED) is 0.109. The van der Waals surface area contributed by atoms with E-state index in [0.29, 0.717) is 0 Å². The van der Waals surface area contributed by atoms with Gasteiger partial charge in [0.15, 0.2) is 0 Å². The van der Waals surface area contributed by atoms with Crippen molar-refractivity contribution in [2.75, 3.05) is 0 Å². The number of rotatable bonds is 10. The predicted molar refractivity (Wildman–Crippen MR) is 239 cm³/mol. The molecule has 2 radical (unpaired) electrons. The van der Waals surface area contributed by atoms with Crippen LogP contribution in [0.2, 0.25) is 0 Å². The molecule has 0 saturated heterocycles. The zero-order valence-electron chi connectivity index (χ0n) is 33.6. The average Bonchev–Trinajstić information content (AvgIpc) is 3.17. The fourth-order valence-corrected chi connectivity index (χ4v) is 7.59. The molecule has 0 heterocycles. The number of hydrogen-bond acceptors (Lipinski definition) is 4. The Balaban J connectivity index is 1.36. The molecule has 0 unspecified atom stereocenters. The Morgan fingerprint density at radius 2 is 0.571 bits per heavy atom. The summed E-state index contributed by atoms with van der Waals surface area (Å²) < 4.78 is 12.8. The Hall–Kier alpha value is -4.97. The maximum Gasteiger partial charge on any atom is 0.332 e. The molecule has 0 atom stereocenters. The zero-order valence-corrected chi connectivity index (χ0v) is 33.6. The van der Waals surface area contributed by atoms with Crippen molar-refractivity contribution >= 4 is 79.8 Å². The van der Waals surface area contributed by atoms with Gasteiger partial charge in [-0.1, -0.05) is 133 Å². The lowest BCUT2D eigenvalue weighted by Crippen LogP contribution is -2.49. The average molecular weight is 735 g/mol. The van der Waals surface area contributed by atoms with Crippen molar-refractivity contribution in [1.82, 2.24) is 0 Å². The largest absolute Gasteiger partial charge is 0.427 e. The summed E-state index contributed by atoms with van der Waals surface area (Å²) in [6.07, 6.45) is 0. The van der Waals surface area contributed by atoms with E-state index in [0.717, 1.165) is 75.9 Å². The first kappa shape index (κ1) is 37.9. The molecule has 0 aliphatic carbocycles. The molecule has 0 spiro atoms. The first-order valence-electron chi connectivity index (χ1n) is 19.5. The molecule has 6 heteroatoms. The summed E-state index contributed by atoms with van der Waals surface area (Å²) in [7, 11) is 3.67. The molecular weight excluding hydrogens is 686 g/mol. The van der Waals surface area contributed by atoms with E-state index in [1.165, 1.54) is 11.1 Å². The van der Waals surface area contributed by atoms with Crippen LogP contribution < -0.4 is 10.9 Å². The van der Waals surface area contributed by atoms with Crippen LogP contribution in [0.5, 0.6) is 0 Å². The molecule has 0 saturated carbocycles. The van der Waals surface area contributed by atoms with Gasteiger partial charge in [-0.15, -0.1) is 0 Å². The van der Waals surface area contributed by atoms with Crippen molar-refractivity contribution in [2.45, 2.75) is 77.8 Å². The molecule has 0 bridgehead atoms. The van der Waals surface area contributed by atoms with Gasteiger partial charge in [0, 0.05) is 0 Å². The highest BCUT2D eigenvalue weighted by Crippen LogP contribution is 2.44. The van der Waals surface area contributed by atoms with E-state index in [1.807, 2.05) is 42.7 Å². The van der Waals surface area contributed by atoms with Crippen molar-refractivity contribution in [1.29, 1.82) is 0 Å². The molecule has 8 aromatic rings. The van der Waals surface area contributed by atoms with Gasteiger partial charge in [0.05, 0.1) is 22.4 Å². The van der Waals surface area contributed by atoms with Crippen molar-refractivity contribution in [3.05, 3.63) is 133 Å². The fraction of sp³-hybridized carbons (Fsp3) is 0.240. The molecule has 8 rings (SSSR count). The van der Waals surface area contributed by atoms with Crippen LogP contribution >= 0.6 is 0 Å². The van der Waals surface area contributed by atoms with Gasteiger partial charge in [-0.05, 0) is 142 Å². The SMILES string of the molecule is CC(C)(O)C(C)(C)O[B]c1c2ccccc2c(-c2ccc(-c3c4ccccc4c([B]OC(C)(C)C(C)(C)O)c4ccccc34)c3ccccc23)c2ccccc12. The predicted octanol–water partition coefficient (Wildman–Crippen LogP) is 10.4. The highest BCUT2D eigenvalue weighted by molar-refractivity contribution is 6.58. The molecule has 56 heavy (non-hydrogen) atoms. The first-order chi connectivity index (χ1) is 26.6. The lowest BCUT2D eigenvalue weighted by atomic mass is 9.74. The normalized spacial score (nSPS) is 13.0. The van der Waals surface area contributed by atoms with Crippen LogP contribution in [-0.2, 0) is 9.31 Å². The van der Waals surface area contributed by atoms with Crippen molar-refractivity contribution < 1.29 is 19.5 Å². The molecule has 2 N–H and O–H groups in total. The molecule has 0 aliphatic rings. The number of aliphatic hydroxyl groups is 2. The van der Waals surface area contributed by atoms with E-state index in [1.54, 1.807) is 27.7 Å². The number of hydrogen-bond donors (Lipinski definition) is 2. The Kier molecular flexibility index (Phi) is 9.41. The number of fused-ring (bicyclic) bond motifs is 5. The second-order valence-electron chi connectivity index (χ2n) is 17.1. The van der Waals surface area contributed by atoms with E-state index >= 15 is 0 Å². The molecule has 8 aromatic carbocycles. The van der Waals surface area contributed by atoms with E-state index in [9.17, 15) is 10.2 Å². The maximum atomic E-state index is 10.9. The standard InChI is InChI=1S/C50H48B2O4/c1-47(2,53)49(5,6)55-51-45-39-25-15-11-21-33(39)43(34-22-12-16-26-40(34)45)37-29-30-38(32-20-10-9-19-31(32)37)44-35-23-13-17-27-41(35)46(42-28-18-14-24-36(42)44)52-56-50(7,8)48(3,4)54/h9-30,53-54H,1-8H3. The van der Waals surface area contributed by atoms with Crippen LogP contribution in [-0.4, -0.2) is 47.6 Å². The minimum Gasteiger partial charge on any atom is -0.427 e. The van der Waals surface area contributed by atoms with Gasteiger partial charge in [0.2, 0.25) is 0 Å². The lowest BCUT2D eigenvalue weighted by molar-refractivity contribution is -0.0892. The second-order valence-corrected chi connectivity index (χ2v) is 17.1. The summed E-state index contributed by atoms with van der Waals surface area (Å²) in [5.41, 5.74) is 2.90. The minimum absolute atomic E-state index is 0.815. The molecule has 0 aromatic heterocycles. The Morgan fingerprint density at radius 1 is 0.339 bits per heavy atom. The monoisotopic (exact) mass is 734 g/mol. The highest BCUT2D eigenvalue weighted by atomic mass is 16.5. The molecule has 4 nitrogen and oxygen atoms in total. The van der Waals surface area contributed by atoms with Crippen LogP contribution in [0.25, 0.3) is 76.1 Å². The molecular formula is C50H48B2O4. The fourth-order valence-electron chi connectivity index (χ4n) is 7.59. The van der Waals surface area contributed by atoms with E-state index in [-0.39, 0.29) is 0 Å². The Bertz CT molecular complexity index is 2480. The van der Waals surface area contributed by atoms with Crippen LogP contribution in [0, 0.1) is 0 Å². The topological polar surface area (TPSA) is 58.9 Å². The van der Waals surface area contributed by atoms with Gasteiger partial charge in [-0.25, -0.2) is 0 Å². The van der Waals surface area contributed by atoms with Crippen LogP contribution in [0.1, 0.15) is 55.4 Å². The van der Waals surface area contributed by atoms with Gasteiger partial charge in [0.25, 0.3) is 0 Å². The maximum absolute atomic E-state index is 10.9. The lowest BCUT2D eigenvalue weighted by Gasteiger charge is -2.37. The molecule has 0 aliphatic heterocycles. The third-order valence-corrected chi connectivity index (χ3v) is 12.3. The third-order valence-electron chi connectivity index (χ3n) is 12.3. The summed E-state index contributed by atoms with van der Waals surface area (Å²) in [5, 5.41) is 33.0. The smallest absolute Gasteiger partial charge is 0.332 e. The van der Waals surface area contributed by atoms with Crippen LogP contribution in [0.4, 0.5) is 0 Å². The van der Waals surface area contributed by atoms with Gasteiger partial charge in [-0.3, -0.25) is 0 Å². The first-order valence-corrected chi connectivity index (χ1v) is 19.5. The van der Waals surface area contributed by atoms with Gasteiger partial charge < -0.3 is 19.5 Å². The summed E-state index contributed by atoms with van der Waals surface area (Å²) in [6, 6.07) is 47.5. The number of benzene rings is 8.